The fourth-order valence-corrected chi connectivity index (χ4v) is 1.49. The van der Waals surface area contributed by atoms with Crippen molar-refractivity contribution in [2.45, 2.75) is 13.8 Å². The van der Waals surface area contributed by atoms with Crippen LogP contribution in [0, 0.1) is 5.92 Å². The average molecular weight is 224 g/mol. The third kappa shape index (κ3) is 2.09. The van der Waals surface area contributed by atoms with Crippen molar-refractivity contribution in [3.05, 3.63) is 11.6 Å². The Balaban J connectivity index is 3.14. The molecule has 1 saturated heterocycles. The second-order valence-electron chi connectivity index (χ2n) is 3.84. The maximum absolute atomic E-state index is 11.7. The van der Waals surface area contributed by atoms with E-state index in [0.717, 1.165) is 0 Å². The van der Waals surface area contributed by atoms with Gasteiger partial charge in [0.2, 0.25) is 7.98 Å². The minimum absolute atomic E-state index is 0.154. The van der Waals surface area contributed by atoms with E-state index in [4.69, 9.17) is 12.2 Å². The minimum Gasteiger partial charge on any atom is -0.338 e. The molecule has 2 amide bonds. The zero-order chi connectivity index (χ0) is 11.7. The molecule has 1 aliphatic heterocycles. The van der Waals surface area contributed by atoms with Crippen LogP contribution in [0.5, 0.6) is 0 Å². The third-order valence-corrected chi connectivity index (χ3v) is 2.69. The van der Waals surface area contributed by atoms with Crippen molar-refractivity contribution in [2.75, 3.05) is 7.05 Å². The standard InChI is InChI=1S/C9H13BN2O2S/c1-5(2)4-6-7(13)11(3)9(15)12(10)8(6)14/h4-5H,10H2,1-3H3/b6-4-. The summed E-state index contributed by atoms with van der Waals surface area (Å²) in [6, 6.07) is 0. The van der Waals surface area contributed by atoms with Crippen molar-refractivity contribution < 1.29 is 9.59 Å². The van der Waals surface area contributed by atoms with Gasteiger partial charge >= 0.3 is 0 Å². The highest BCUT2D eigenvalue weighted by Crippen LogP contribution is 2.15. The van der Waals surface area contributed by atoms with Crippen LogP contribution in [0.15, 0.2) is 11.6 Å². The summed E-state index contributed by atoms with van der Waals surface area (Å²) in [5.41, 5.74) is 0.198. The molecule has 0 radical (unpaired) electrons. The van der Waals surface area contributed by atoms with Crippen LogP contribution in [0.3, 0.4) is 0 Å². The second kappa shape index (κ2) is 4.14. The van der Waals surface area contributed by atoms with E-state index in [1.165, 1.54) is 9.71 Å². The molecule has 0 unspecified atom stereocenters. The molecule has 0 atom stereocenters. The summed E-state index contributed by atoms with van der Waals surface area (Å²) in [5, 5.41) is 0.242. The number of hydrogen-bond acceptors (Lipinski definition) is 3. The number of nitrogens with zero attached hydrogens (tertiary/aromatic N) is 2. The third-order valence-electron chi connectivity index (χ3n) is 2.14. The summed E-state index contributed by atoms with van der Waals surface area (Å²) in [7, 11) is 3.14. The van der Waals surface area contributed by atoms with Crippen LogP contribution in [0.2, 0.25) is 0 Å². The SMILES string of the molecule is BN1C(=O)/C(=C\C(C)C)C(=O)N(C)C1=S. The molecule has 0 aromatic carbocycles. The topological polar surface area (TPSA) is 40.6 Å². The van der Waals surface area contributed by atoms with Gasteiger partial charge in [0.1, 0.15) is 5.57 Å². The summed E-state index contributed by atoms with van der Waals surface area (Å²) in [5.74, 6) is -0.491. The van der Waals surface area contributed by atoms with Crippen LogP contribution in [-0.4, -0.2) is 41.7 Å². The first-order valence-electron chi connectivity index (χ1n) is 4.68. The van der Waals surface area contributed by atoms with Gasteiger partial charge in [-0.25, -0.2) is 0 Å². The van der Waals surface area contributed by atoms with E-state index in [9.17, 15) is 9.59 Å². The number of thiocarbonyl (C=S) groups is 1. The quantitative estimate of drug-likeness (QED) is 0.266. The Morgan fingerprint density at radius 1 is 1.33 bits per heavy atom. The Bertz CT molecular complexity index is 339. The van der Waals surface area contributed by atoms with Crippen LogP contribution in [0.1, 0.15) is 13.8 Å². The lowest BCUT2D eigenvalue weighted by molar-refractivity contribution is -0.130. The number of amides is 2. The van der Waals surface area contributed by atoms with Crippen molar-refractivity contribution >= 4 is 37.1 Å². The zero-order valence-electron chi connectivity index (χ0n) is 9.27. The lowest BCUT2D eigenvalue weighted by atomic mass is 10.0. The summed E-state index contributed by atoms with van der Waals surface area (Å²) in [4.78, 5) is 26.1. The second-order valence-corrected chi connectivity index (χ2v) is 4.20. The molecule has 0 spiro atoms. The molecule has 1 aliphatic rings. The van der Waals surface area contributed by atoms with Gasteiger partial charge < -0.3 is 4.81 Å². The van der Waals surface area contributed by atoms with Crippen molar-refractivity contribution in [3.63, 3.8) is 0 Å². The molecule has 1 heterocycles. The van der Waals surface area contributed by atoms with Crippen LogP contribution in [0.4, 0.5) is 0 Å². The largest absolute Gasteiger partial charge is 0.338 e. The number of rotatable bonds is 1. The first-order valence-corrected chi connectivity index (χ1v) is 5.09. The van der Waals surface area contributed by atoms with E-state index >= 15 is 0 Å². The molecule has 0 saturated carbocycles. The molecule has 0 N–H and O–H groups in total. The normalized spacial score (nSPS) is 20.8. The van der Waals surface area contributed by atoms with Gasteiger partial charge in [-0.3, -0.25) is 14.5 Å². The van der Waals surface area contributed by atoms with Crippen molar-refractivity contribution in [2.24, 2.45) is 5.92 Å². The van der Waals surface area contributed by atoms with Gasteiger partial charge in [0.15, 0.2) is 5.11 Å². The molecule has 0 aliphatic carbocycles. The van der Waals surface area contributed by atoms with E-state index in [2.05, 4.69) is 0 Å². The molecule has 0 aromatic heterocycles. The molecule has 4 nitrogen and oxygen atoms in total. The van der Waals surface area contributed by atoms with Gasteiger partial charge in [-0.1, -0.05) is 19.9 Å². The molecular formula is C9H13BN2O2S. The van der Waals surface area contributed by atoms with Crippen LogP contribution in [-0.2, 0) is 9.59 Å². The number of carbonyl (C=O) groups is 2. The highest BCUT2D eigenvalue weighted by molar-refractivity contribution is 7.80. The minimum atomic E-state index is -0.322. The molecule has 6 heteroatoms. The number of allylic oxidation sites excluding steroid dienone is 1. The predicted molar refractivity (Wildman–Crippen MR) is 63.7 cm³/mol. The monoisotopic (exact) mass is 224 g/mol. The summed E-state index contributed by atoms with van der Waals surface area (Å²) < 4.78 is 0. The van der Waals surface area contributed by atoms with E-state index in [0.29, 0.717) is 0 Å². The van der Waals surface area contributed by atoms with E-state index < -0.39 is 0 Å². The fraction of sp³-hybridized carbons (Fsp3) is 0.444. The highest BCUT2D eigenvalue weighted by atomic mass is 32.1. The molecule has 15 heavy (non-hydrogen) atoms. The van der Waals surface area contributed by atoms with E-state index in [1.54, 1.807) is 21.1 Å². The maximum Gasteiger partial charge on any atom is 0.264 e. The van der Waals surface area contributed by atoms with Gasteiger partial charge in [0.05, 0.1) is 0 Å². The van der Waals surface area contributed by atoms with Gasteiger partial charge in [-0.05, 0) is 18.1 Å². The first-order chi connectivity index (χ1) is 6.86. The average Bonchev–Trinajstić information content (AvgIpc) is 2.18. The number of likely N-dealkylation sites (N-methyl/N-ethyl adjacent to an activating group) is 1. The number of hydrogen-bond donors (Lipinski definition) is 0. The molecule has 1 fully saturated rings. The highest BCUT2D eigenvalue weighted by Gasteiger charge is 2.34. The van der Waals surface area contributed by atoms with E-state index in [-0.39, 0.29) is 28.4 Å². The Morgan fingerprint density at radius 3 is 2.33 bits per heavy atom. The van der Waals surface area contributed by atoms with Gasteiger partial charge in [-0.15, -0.1) is 0 Å². The maximum atomic E-state index is 11.7. The Labute approximate surface area is 95.3 Å². The zero-order valence-corrected chi connectivity index (χ0v) is 10.1. The summed E-state index contributed by atoms with van der Waals surface area (Å²) >= 11 is 4.95. The predicted octanol–water partition coefficient (Wildman–Crippen LogP) is -0.298. The van der Waals surface area contributed by atoms with Crippen molar-refractivity contribution in [1.29, 1.82) is 0 Å². The number of carbonyl (C=O) groups excluding carboxylic acids is 2. The Kier molecular flexibility index (Phi) is 3.29. The van der Waals surface area contributed by atoms with E-state index in [1.807, 2.05) is 13.8 Å². The van der Waals surface area contributed by atoms with Gasteiger partial charge in [-0.2, -0.15) is 0 Å². The summed E-state index contributed by atoms with van der Waals surface area (Å²) in [6.45, 7) is 3.83. The van der Waals surface area contributed by atoms with Crippen LogP contribution in [0.25, 0.3) is 0 Å². The lowest BCUT2D eigenvalue weighted by Crippen LogP contribution is -2.53. The van der Waals surface area contributed by atoms with Crippen LogP contribution < -0.4 is 0 Å². The van der Waals surface area contributed by atoms with Crippen molar-refractivity contribution in [1.82, 2.24) is 9.71 Å². The van der Waals surface area contributed by atoms with Crippen molar-refractivity contribution in [3.8, 4) is 0 Å². The Hall–Kier alpha value is -1.17. The van der Waals surface area contributed by atoms with Crippen LogP contribution >= 0.6 is 12.2 Å². The first kappa shape index (κ1) is 11.9. The molecule has 80 valence electrons. The Morgan fingerprint density at radius 2 is 1.87 bits per heavy atom. The lowest BCUT2D eigenvalue weighted by Gasteiger charge is -2.32. The fourth-order valence-electron chi connectivity index (χ4n) is 1.33. The molecule has 0 bridgehead atoms. The molecular weight excluding hydrogens is 211 g/mol. The summed E-state index contributed by atoms with van der Waals surface area (Å²) in [6.07, 6.45) is 1.67. The smallest absolute Gasteiger partial charge is 0.264 e. The molecule has 1 rings (SSSR count). The van der Waals surface area contributed by atoms with Gasteiger partial charge in [0, 0.05) is 7.05 Å². The molecule has 0 aromatic rings. The van der Waals surface area contributed by atoms with Gasteiger partial charge in [0.25, 0.3) is 11.8 Å².